The molecule has 3 heterocycles. The Hall–Kier alpha value is -3.47. The smallest absolute Gasteiger partial charge is 0.416 e. The molecule has 1 aliphatic rings. The number of pyridine rings is 2. The van der Waals surface area contributed by atoms with E-state index in [1.54, 1.807) is 22.9 Å². The lowest BCUT2D eigenvalue weighted by molar-refractivity contribution is -0.145. The molecular weight excluding hydrogens is 439 g/mol. The average Bonchev–Trinajstić information content (AvgIpc) is 3.25. The molecule has 33 heavy (non-hydrogen) atoms. The molecule has 0 atom stereocenters. The van der Waals surface area contributed by atoms with E-state index >= 15 is 0 Å². The van der Waals surface area contributed by atoms with Crippen LogP contribution in [-0.2, 0) is 16.6 Å². The molecule has 0 radical (unpaired) electrons. The van der Waals surface area contributed by atoms with Crippen LogP contribution in [0.5, 0.6) is 0 Å². The van der Waals surface area contributed by atoms with Crippen LogP contribution in [0.1, 0.15) is 42.5 Å². The molecule has 0 bridgehead atoms. The van der Waals surface area contributed by atoms with Crippen molar-refractivity contribution in [2.75, 3.05) is 5.32 Å². The minimum atomic E-state index is -4.48. The maximum atomic E-state index is 13.0. The molecule has 174 valence electrons. The summed E-state index contributed by atoms with van der Waals surface area (Å²) >= 11 is 0. The monoisotopic (exact) mass is 461 g/mol. The van der Waals surface area contributed by atoms with Crippen molar-refractivity contribution < 1.29 is 28.2 Å². The van der Waals surface area contributed by atoms with Crippen LogP contribution in [0.2, 0.25) is 0 Å². The van der Waals surface area contributed by atoms with E-state index in [1.165, 1.54) is 6.33 Å². The number of carboxylic acids is 1. The van der Waals surface area contributed by atoms with Crippen LogP contribution < -0.4 is 5.32 Å². The third-order valence-corrected chi connectivity index (χ3v) is 5.79. The van der Waals surface area contributed by atoms with Gasteiger partial charge in [0.2, 0.25) is 0 Å². The van der Waals surface area contributed by atoms with Gasteiger partial charge in [0.15, 0.2) is 0 Å². The highest BCUT2D eigenvalue weighted by Gasteiger charge is 2.38. The van der Waals surface area contributed by atoms with Gasteiger partial charge in [0.05, 0.1) is 17.2 Å². The molecule has 0 aliphatic heterocycles. The number of halogens is 3. The van der Waals surface area contributed by atoms with Crippen molar-refractivity contribution in [2.45, 2.75) is 44.4 Å². The van der Waals surface area contributed by atoms with E-state index in [0.29, 0.717) is 30.2 Å². The summed E-state index contributed by atoms with van der Waals surface area (Å²) in [6, 6.07) is 5.23. The summed E-state index contributed by atoms with van der Waals surface area (Å²) in [7, 11) is 0. The number of aliphatic carboxylic acids is 1. The van der Waals surface area contributed by atoms with Gasteiger partial charge in [0.1, 0.15) is 29.4 Å². The lowest BCUT2D eigenvalue weighted by Crippen LogP contribution is -2.34. The number of carboxylic acid groups (broad SMARTS) is 1. The number of aryl methyl sites for hydroxylation is 1. The highest BCUT2D eigenvalue weighted by Crippen LogP contribution is 2.39. The molecule has 3 N–H and O–H groups in total. The Morgan fingerprint density at radius 2 is 1.91 bits per heavy atom. The molecule has 1 saturated carbocycles. The second kappa shape index (κ2) is 8.47. The molecule has 0 saturated heterocycles. The summed E-state index contributed by atoms with van der Waals surface area (Å²) in [6.07, 6.45) is 1.01. The molecule has 0 spiro atoms. The number of aromatic nitrogens is 4. The molecule has 3 aromatic rings. The Morgan fingerprint density at radius 1 is 1.18 bits per heavy atom. The summed E-state index contributed by atoms with van der Waals surface area (Å²) in [5.74, 6) is -0.575. The Balaban J connectivity index is 1.56. The maximum Gasteiger partial charge on any atom is 0.416 e. The standard InChI is InChI=1S/C22H22F3N5O3/c1-13-8-18(28-17-10-15(4-7-26-17)22(23,24)25)29-19(9-13)30-11-16(27-12-30)21(33)5-2-14(3-6-21)20(31)32/h4,7-12,14,33H,2-3,5-6H2,1H3,(H,31,32)(H,26,28,29)/t14-,21-. The van der Waals surface area contributed by atoms with Crippen molar-refractivity contribution in [3.63, 3.8) is 0 Å². The number of anilines is 2. The van der Waals surface area contributed by atoms with Gasteiger partial charge in [-0.25, -0.2) is 15.0 Å². The number of nitrogens with zero attached hydrogens (tertiary/aromatic N) is 4. The van der Waals surface area contributed by atoms with Crippen LogP contribution in [0.3, 0.4) is 0 Å². The van der Waals surface area contributed by atoms with Gasteiger partial charge in [-0.05, 0) is 62.4 Å². The quantitative estimate of drug-likeness (QED) is 0.522. The van der Waals surface area contributed by atoms with Gasteiger partial charge in [-0.1, -0.05) is 0 Å². The highest BCUT2D eigenvalue weighted by molar-refractivity contribution is 5.70. The van der Waals surface area contributed by atoms with Gasteiger partial charge in [0, 0.05) is 12.4 Å². The highest BCUT2D eigenvalue weighted by atomic mass is 19.4. The second-order valence-electron chi connectivity index (χ2n) is 8.25. The van der Waals surface area contributed by atoms with Gasteiger partial charge in [-0.2, -0.15) is 13.2 Å². The van der Waals surface area contributed by atoms with Gasteiger partial charge < -0.3 is 15.5 Å². The molecule has 1 fully saturated rings. The Kier molecular flexibility index (Phi) is 5.83. The fourth-order valence-electron chi connectivity index (χ4n) is 3.94. The van der Waals surface area contributed by atoms with Gasteiger partial charge in [0.25, 0.3) is 0 Å². The molecule has 3 aromatic heterocycles. The van der Waals surface area contributed by atoms with Gasteiger partial charge in [-0.3, -0.25) is 9.36 Å². The fourth-order valence-corrected chi connectivity index (χ4v) is 3.94. The minimum absolute atomic E-state index is 0.00435. The number of nitrogens with one attached hydrogen (secondary N) is 1. The first-order valence-corrected chi connectivity index (χ1v) is 10.3. The zero-order valence-corrected chi connectivity index (χ0v) is 17.7. The minimum Gasteiger partial charge on any atom is -0.481 e. The van der Waals surface area contributed by atoms with Crippen molar-refractivity contribution in [1.82, 2.24) is 19.5 Å². The van der Waals surface area contributed by atoms with Crippen molar-refractivity contribution in [2.24, 2.45) is 5.92 Å². The first kappa shape index (κ1) is 22.7. The number of imidazole rings is 1. The normalized spacial score (nSPS) is 21.1. The zero-order valence-electron chi connectivity index (χ0n) is 17.7. The molecule has 11 heteroatoms. The average molecular weight is 461 g/mol. The fraction of sp³-hybridized carbons (Fsp3) is 0.364. The lowest BCUT2D eigenvalue weighted by Gasteiger charge is -2.33. The van der Waals surface area contributed by atoms with Crippen molar-refractivity contribution >= 4 is 17.6 Å². The van der Waals surface area contributed by atoms with E-state index in [4.69, 9.17) is 5.11 Å². The Bertz CT molecular complexity index is 1170. The number of carbonyl (C=O) groups is 1. The molecular formula is C22H22F3N5O3. The van der Waals surface area contributed by atoms with Crippen LogP contribution in [0, 0.1) is 12.8 Å². The molecule has 4 rings (SSSR count). The number of alkyl halides is 3. The SMILES string of the molecule is Cc1cc(Nc2cc(C(F)(F)F)ccn2)nc(-n2cnc([C@]3(O)CC[C@H](C(=O)O)CC3)c2)c1. The zero-order chi connectivity index (χ0) is 23.8. The van der Waals surface area contributed by atoms with E-state index in [1.807, 2.05) is 6.92 Å². The van der Waals surface area contributed by atoms with E-state index < -0.39 is 29.2 Å². The summed E-state index contributed by atoms with van der Waals surface area (Å²) < 4.78 is 40.5. The number of aliphatic hydroxyl groups is 1. The topological polar surface area (TPSA) is 113 Å². The number of hydrogen-bond donors (Lipinski definition) is 3. The summed E-state index contributed by atoms with van der Waals surface area (Å²) in [6.45, 7) is 1.81. The van der Waals surface area contributed by atoms with Crippen molar-refractivity contribution in [3.8, 4) is 5.82 Å². The lowest BCUT2D eigenvalue weighted by atomic mass is 9.77. The van der Waals surface area contributed by atoms with Crippen LogP contribution in [0.25, 0.3) is 5.82 Å². The van der Waals surface area contributed by atoms with Crippen LogP contribution in [0.4, 0.5) is 24.8 Å². The van der Waals surface area contributed by atoms with E-state index in [9.17, 15) is 23.1 Å². The molecule has 0 amide bonds. The predicted molar refractivity (Wildman–Crippen MR) is 112 cm³/mol. The largest absolute Gasteiger partial charge is 0.481 e. The first-order chi connectivity index (χ1) is 15.5. The Labute approximate surface area is 187 Å². The molecule has 0 unspecified atom stereocenters. The summed E-state index contributed by atoms with van der Waals surface area (Å²) in [4.78, 5) is 23.9. The molecule has 0 aromatic carbocycles. The van der Waals surface area contributed by atoms with E-state index in [2.05, 4.69) is 20.3 Å². The van der Waals surface area contributed by atoms with Crippen molar-refractivity contribution in [1.29, 1.82) is 0 Å². The summed E-state index contributed by atoms with van der Waals surface area (Å²) in [5.41, 5.74) is -0.823. The third kappa shape index (κ3) is 4.98. The van der Waals surface area contributed by atoms with Gasteiger partial charge >= 0.3 is 12.1 Å². The van der Waals surface area contributed by atoms with E-state index in [-0.39, 0.29) is 18.7 Å². The van der Waals surface area contributed by atoms with Gasteiger partial charge in [-0.15, -0.1) is 0 Å². The maximum absolute atomic E-state index is 13.0. The first-order valence-electron chi connectivity index (χ1n) is 10.3. The second-order valence-corrected chi connectivity index (χ2v) is 8.25. The number of rotatable bonds is 5. The third-order valence-electron chi connectivity index (χ3n) is 5.79. The van der Waals surface area contributed by atoms with E-state index in [0.717, 1.165) is 23.9 Å². The Morgan fingerprint density at radius 3 is 2.58 bits per heavy atom. The van der Waals surface area contributed by atoms with Crippen LogP contribution in [0.15, 0.2) is 43.0 Å². The summed E-state index contributed by atoms with van der Waals surface area (Å²) in [5, 5.41) is 23.0. The van der Waals surface area contributed by atoms with Crippen LogP contribution >= 0.6 is 0 Å². The number of hydrogen-bond acceptors (Lipinski definition) is 6. The van der Waals surface area contributed by atoms with Crippen molar-refractivity contribution in [3.05, 3.63) is 59.8 Å². The molecule has 8 nitrogen and oxygen atoms in total. The van der Waals surface area contributed by atoms with Crippen LogP contribution in [-0.4, -0.2) is 35.7 Å². The molecule has 1 aliphatic carbocycles. The predicted octanol–water partition coefficient (Wildman–Crippen LogP) is 4.20.